The van der Waals surface area contributed by atoms with Gasteiger partial charge in [-0.2, -0.15) is 0 Å². The molecule has 0 aromatic carbocycles. The lowest BCUT2D eigenvalue weighted by atomic mass is 10.2. The number of nitrogens with zero attached hydrogens (tertiary/aromatic N) is 4. The highest BCUT2D eigenvalue weighted by molar-refractivity contribution is 5.94. The van der Waals surface area contributed by atoms with Gasteiger partial charge in [0.25, 0.3) is 5.91 Å². The molecule has 4 rings (SSSR count). The first-order valence-corrected chi connectivity index (χ1v) is 9.05. The molecule has 3 aliphatic heterocycles. The fourth-order valence-electron chi connectivity index (χ4n) is 4.22. The van der Waals surface area contributed by atoms with Crippen LogP contribution in [0.4, 0.5) is 5.82 Å². The number of carbonyl (C=O) groups excluding carboxylic acids is 1. The Morgan fingerprint density at radius 2 is 1.83 bits per heavy atom. The quantitative estimate of drug-likeness (QED) is 0.837. The van der Waals surface area contributed by atoms with E-state index in [2.05, 4.69) is 14.8 Å². The molecule has 23 heavy (non-hydrogen) atoms. The molecule has 5 heteroatoms. The lowest BCUT2D eigenvalue weighted by molar-refractivity contribution is 0.0743. The molecule has 5 nitrogen and oxygen atoms in total. The number of hydrogen-bond donors (Lipinski definition) is 0. The molecule has 0 saturated carbocycles. The van der Waals surface area contributed by atoms with Gasteiger partial charge in [-0.05, 0) is 50.8 Å². The predicted molar refractivity (Wildman–Crippen MR) is 90.8 cm³/mol. The molecule has 3 saturated heterocycles. The number of aromatic nitrogens is 1. The van der Waals surface area contributed by atoms with E-state index in [0.717, 1.165) is 50.5 Å². The Morgan fingerprint density at radius 1 is 1.00 bits per heavy atom. The lowest BCUT2D eigenvalue weighted by Gasteiger charge is -2.26. The number of amides is 1. The Bertz CT molecular complexity index is 553. The molecule has 0 bridgehead atoms. The minimum atomic E-state index is 0.152. The van der Waals surface area contributed by atoms with Crippen molar-refractivity contribution in [1.29, 1.82) is 0 Å². The van der Waals surface area contributed by atoms with Gasteiger partial charge in [-0.3, -0.25) is 9.69 Å². The van der Waals surface area contributed by atoms with Gasteiger partial charge in [0.05, 0.1) is 5.56 Å². The monoisotopic (exact) mass is 314 g/mol. The summed E-state index contributed by atoms with van der Waals surface area (Å²) < 4.78 is 0. The van der Waals surface area contributed by atoms with Gasteiger partial charge in [-0.1, -0.05) is 0 Å². The molecule has 1 amide bonds. The van der Waals surface area contributed by atoms with E-state index >= 15 is 0 Å². The van der Waals surface area contributed by atoms with Gasteiger partial charge in [-0.15, -0.1) is 0 Å². The fourth-order valence-corrected chi connectivity index (χ4v) is 4.22. The lowest BCUT2D eigenvalue weighted by Crippen LogP contribution is -2.39. The molecule has 3 fully saturated rings. The molecule has 1 atom stereocenters. The van der Waals surface area contributed by atoms with E-state index in [1.807, 2.05) is 17.0 Å². The molecule has 0 unspecified atom stereocenters. The number of rotatable bonds is 2. The zero-order chi connectivity index (χ0) is 15.6. The van der Waals surface area contributed by atoms with Crippen LogP contribution in [0.1, 0.15) is 42.5 Å². The van der Waals surface area contributed by atoms with Crippen LogP contribution in [0.3, 0.4) is 0 Å². The molecule has 4 heterocycles. The molecular formula is C18H26N4O. The van der Waals surface area contributed by atoms with Gasteiger partial charge in [0.1, 0.15) is 5.82 Å². The van der Waals surface area contributed by atoms with Crippen LogP contribution < -0.4 is 4.90 Å². The van der Waals surface area contributed by atoms with Gasteiger partial charge < -0.3 is 9.80 Å². The van der Waals surface area contributed by atoms with E-state index < -0.39 is 0 Å². The first-order valence-electron chi connectivity index (χ1n) is 9.05. The second-order valence-electron chi connectivity index (χ2n) is 7.04. The van der Waals surface area contributed by atoms with E-state index in [-0.39, 0.29) is 5.91 Å². The van der Waals surface area contributed by atoms with Crippen LogP contribution in [0.2, 0.25) is 0 Å². The maximum absolute atomic E-state index is 12.8. The van der Waals surface area contributed by atoms with Gasteiger partial charge in [0.2, 0.25) is 0 Å². The molecule has 3 aliphatic rings. The summed E-state index contributed by atoms with van der Waals surface area (Å²) in [6.07, 6.45) is 7.85. The van der Waals surface area contributed by atoms with Crippen LogP contribution in [0.25, 0.3) is 0 Å². The third-order valence-electron chi connectivity index (χ3n) is 5.52. The third-order valence-corrected chi connectivity index (χ3v) is 5.52. The Balaban J connectivity index is 1.45. The van der Waals surface area contributed by atoms with E-state index in [9.17, 15) is 4.79 Å². The largest absolute Gasteiger partial charge is 0.357 e. The maximum atomic E-state index is 12.8. The summed E-state index contributed by atoms with van der Waals surface area (Å²) in [5.74, 6) is 1.16. The Hall–Kier alpha value is -1.62. The normalized spacial score (nSPS) is 25.5. The van der Waals surface area contributed by atoms with Gasteiger partial charge in [0, 0.05) is 45.0 Å². The van der Waals surface area contributed by atoms with Gasteiger partial charge in [-0.25, -0.2) is 4.98 Å². The SMILES string of the molecule is O=C(c1ccc(N2CCCC2)nc1)N1CCCN2CCC[C@@H]2C1. The van der Waals surface area contributed by atoms with E-state index in [4.69, 9.17) is 0 Å². The Morgan fingerprint density at radius 3 is 2.61 bits per heavy atom. The average Bonchev–Trinajstić information content (AvgIpc) is 3.23. The topological polar surface area (TPSA) is 39.7 Å². The average molecular weight is 314 g/mol. The summed E-state index contributed by atoms with van der Waals surface area (Å²) in [7, 11) is 0. The minimum Gasteiger partial charge on any atom is -0.357 e. The summed E-state index contributed by atoms with van der Waals surface area (Å²) >= 11 is 0. The Labute approximate surface area is 138 Å². The van der Waals surface area contributed by atoms with E-state index in [1.165, 1.54) is 32.2 Å². The zero-order valence-corrected chi connectivity index (χ0v) is 13.8. The van der Waals surface area contributed by atoms with Crippen LogP contribution >= 0.6 is 0 Å². The summed E-state index contributed by atoms with van der Waals surface area (Å²) in [4.78, 5) is 24.3. The van der Waals surface area contributed by atoms with E-state index in [1.54, 1.807) is 6.20 Å². The number of pyridine rings is 1. The highest BCUT2D eigenvalue weighted by Crippen LogP contribution is 2.23. The summed E-state index contributed by atoms with van der Waals surface area (Å²) in [5.41, 5.74) is 0.736. The van der Waals surface area contributed by atoms with Crippen LogP contribution in [-0.2, 0) is 0 Å². The number of anilines is 1. The van der Waals surface area contributed by atoms with Crippen molar-refractivity contribution in [1.82, 2.24) is 14.8 Å². The van der Waals surface area contributed by atoms with Crippen molar-refractivity contribution >= 4 is 11.7 Å². The number of hydrogen-bond acceptors (Lipinski definition) is 4. The molecule has 0 N–H and O–H groups in total. The number of carbonyl (C=O) groups is 1. The second kappa shape index (κ2) is 6.48. The first-order chi connectivity index (χ1) is 11.3. The molecule has 1 aromatic heterocycles. The highest BCUT2D eigenvalue weighted by Gasteiger charge is 2.30. The van der Waals surface area contributed by atoms with Crippen molar-refractivity contribution in [2.75, 3.05) is 44.2 Å². The minimum absolute atomic E-state index is 0.152. The van der Waals surface area contributed by atoms with Crippen molar-refractivity contribution in [2.24, 2.45) is 0 Å². The standard InChI is InChI=1S/C18H26N4O/c23-18(22-12-4-11-20-10-3-5-16(20)14-22)15-6-7-17(19-13-15)21-8-1-2-9-21/h6-7,13,16H,1-5,8-12,14H2/t16-/m1/s1. The van der Waals surface area contributed by atoms with E-state index in [0.29, 0.717) is 6.04 Å². The number of fused-ring (bicyclic) bond motifs is 1. The van der Waals surface area contributed by atoms with Crippen molar-refractivity contribution in [2.45, 2.75) is 38.1 Å². The summed E-state index contributed by atoms with van der Waals surface area (Å²) in [6, 6.07) is 4.54. The highest BCUT2D eigenvalue weighted by atomic mass is 16.2. The van der Waals surface area contributed by atoms with Crippen molar-refractivity contribution in [3.05, 3.63) is 23.9 Å². The maximum Gasteiger partial charge on any atom is 0.255 e. The molecule has 0 radical (unpaired) electrons. The summed E-state index contributed by atoms with van der Waals surface area (Å²) in [6.45, 7) is 6.28. The fraction of sp³-hybridized carbons (Fsp3) is 0.667. The Kier molecular flexibility index (Phi) is 4.21. The van der Waals surface area contributed by atoms with Crippen molar-refractivity contribution in [3.8, 4) is 0 Å². The molecule has 124 valence electrons. The predicted octanol–water partition coefficient (Wildman–Crippen LogP) is 1.99. The van der Waals surface area contributed by atoms with Crippen LogP contribution in [0, 0.1) is 0 Å². The first kappa shape index (κ1) is 14.9. The molecule has 0 aliphatic carbocycles. The third kappa shape index (κ3) is 3.07. The molecule has 1 aromatic rings. The van der Waals surface area contributed by atoms with Crippen LogP contribution in [0.15, 0.2) is 18.3 Å². The van der Waals surface area contributed by atoms with Crippen LogP contribution in [-0.4, -0.2) is 66.0 Å². The van der Waals surface area contributed by atoms with Gasteiger partial charge in [0.15, 0.2) is 0 Å². The van der Waals surface area contributed by atoms with Crippen molar-refractivity contribution in [3.63, 3.8) is 0 Å². The second-order valence-corrected chi connectivity index (χ2v) is 7.04. The summed E-state index contributed by atoms with van der Waals surface area (Å²) in [5, 5.41) is 0. The van der Waals surface area contributed by atoms with Crippen molar-refractivity contribution < 1.29 is 4.79 Å². The van der Waals surface area contributed by atoms with Crippen LogP contribution in [0.5, 0.6) is 0 Å². The van der Waals surface area contributed by atoms with Gasteiger partial charge >= 0.3 is 0 Å². The molecular weight excluding hydrogens is 288 g/mol. The smallest absolute Gasteiger partial charge is 0.255 e. The zero-order valence-electron chi connectivity index (χ0n) is 13.8. The molecule has 0 spiro atoms.